The zero-order valence-electron chi connectivity index (χ0n) is 18.0. The fourth-order valence-electron chi connectivity index (χ4n) is 3.61. The molecule has 1 fully saturated rings. The van der Waals surface area contributed by atoms with Crippen LogP contribution in [0.15, 0.2) is 48.5 Å². The maximum Gasteiger partial charge on any atom is 0.436 e. The van der Waals surface area contributed by atoms with E-state index in [1.54, 1.807) is 42.5 Å². The highest BCUT2D eigenvalue weighted by Crippen LogP contribution is 2.46. The van der Waals surface area contributed by atoms with Crippen molar-refractivity contribution in [2.24, 2.45) is 0 Å². The first-order chi connectivity index (χ1) is 16.2. The first-order valence-corrected chi connectivity index (χ1v) is 11.6. The minimum atomic E-state index is -4.60. The first kappa shape index (κ1) is 24.4. The summed E-state index contributed by atoms with van der Waals surface area (Å²) in [6.07, 6.45) is -2.58. The van der Waals surface area contributed by atoms with Gasteiger partial charge in [0.15, 0.2) is 5.69 Å². The molecule has 0 spiro atoms. The summed E-state index contributed by atoms with van der Waals surface area (Å²) in [6, 6.07) is 14.1. The molecule has 1 N–H and O–H groups in total. The third kappa shape index (κ3) is 6.04. The van der Waals surface area contributed by atoms with E-state index in [9.17, 15) is 18.0 Å². The minimum Gasteiger partial charge on any atom is -0.489 e. The Morgan fingerprint density at radius 3 is 2.62 bits per heavy atom. The standard InChI is InChI=1S/C24H22Cl2F3N3O2/c25-18-6-2-7-19(13-18)34-14-15-4-1-5-17(12-15)23(33)30-10-3-11-32-21(16-8-9-16)20(26)22(31-32)24(27,28)29/h1-2,4-7,12-13,16H,3,8-11,14H2,(H,30,33). The number of hydrogen-bond donors (Lipinski definition) is 1. The number of alkyl halides is 3. The monoisotopic (exact) mass is 511 g/mol. The number of carbonyl (C=O) groups excluding carboxylic acids is 1. The van der Waals surface area contributed by atoms with E-state index in [0.29, 0.717) is 28.5 Å². The molecule has 0 radical (unpaired) electrons. The van der Waals surface area contributed by atoms with Crippen LogP contribution >= 0.6 is 23.2 Å². The van der Waals surface area contributed by atoms with Gasteiger partial charge in [0.2, 0.25) is 0 Å². The van der Waals surface area contributed by atoms with Crippen LogP contribution in [0.2, 0.25) is 10.0 Å². The molecule has 0 unspecified atom stereocenters. The molecule has 2 aromatic carbocycles. The summed E-state index contributed by atoms with van der Waals surface area (Å²) in [5.74, 6) is 0.365. The van der Waals surface area contributed by atoms with Crippen LogP contribution in [0.4, 0.5) is 13.2 Å². The van der Waals surface area contributed by atoms with Gasteiger partial charge >= 0.3 is 6.18 Å². The molecule has 1 saturated carbocycles. The van der Waals surface area contributed by atoms with E-state index in [2.05, 4.69) is 10.4 Å². The van der Waals surface area contributed by atoms with Gasteiger partial charge in [-0.05, 0) is 55.2 Å². The summed E-state index contributed by atoms with van der Waals surface area (Å²) in [6.45, 7) is 0.785. The van der Waals surface area contributed by atoms with Crippen LogP contribution in [-0.2, 0) is 19.3 Å². The maximum absolute atomic E-state index is 13.2. The average molecular weight is 512 g/mol. The summed E-state index contributed by atoms with van der Waals surface area (Å²) in [7, 11) is 0. The maximum atomic E-state index is 13.2. The van der Waals surface area contributed by atoms with Crippen molar-refractivity contribution in [3.63, 3.8) is 0 Å². The minimum absolute atomic E-state index is 0.0163. The molecule has 0 atom stereocenters. The highest BCUT2D eigenvalue weighted by molar-refractivity contribution is 6.32. The molecule has 5 nitrogen and oxygen atoms in total. The summed E-state index contributed by atoms with van der Waals surface area (Å²) in [4.78, 5) is 12.5. The van der Waals surface area contributed by atoms with E-state index < -0.39 is 11.9 Å². The molecule has 34 heavy (non-hydrogen) atoms. The van der Waals surface area contributed by atoms with Gasteiger partial charge in [-0.15, -0.1) is 0 Å². The number of aryl methyl sites for hydroxylation is 1. The van der Waals surface area contributed by atoms with E-state index in [0.717, 1.165) is 18.4 Å². The molecule has 1 amide bonds. The summed E-state index contributed by atoms with van der Waals surface area (Å²) in [5, 5.41) is 6.77. The second-order valence-electron chi connectivity index (χ2n) is 8.10. The van der Waals surface area contributed by atoms with Gasteiger partial charge < -0.3 is 10.1 Å². The van der Waals surface area contributed by atoms with Crippen LogP contribution in [-0.4, -0.2) is 22.2 Å². The molecular weight excluding hydrogens is 490 g/mol. The fourth-order valence-corrected chi connectivity index (χ4v) is 4.19. The van der Waals surface area contributed by atoms with Gasteiger partial charge in [-0.25, -0.2) is 0 Å². The van der Waals surface area contributed by atoms with E-state index in [1.807, 2.05) is 6.07 Å². The molecule has 3 aromatic rings. The SMILES string of the molecule is O=C(NCCCn1nc(C(F)(F)F)c(Cl)c1C1CC1)c1cccc(COc2cccc(Cl)c2)c1. The van der Waals surface area contributed by atoms with Gasteiger partial charge in [0.25, 0.3) is 5.91 Å². The summed E-state index contributed by atoms with van der Waals surface area (Å²) < 4.78 is 46.6. The Hall–Kier alpha value is -2.71. The van der Waals surface area contributed by atoms with Gasteiger partial charge in [-0.1, -0.05) is 41.4 Å². The molecule has 1 aromatic heterocycles. The van der Waals surface area contributed by atoms with Crippen molar-refractivity contribution in [1.82, 2.24) is 15.1 Å². The second kappa shape index (κ2) is 10.3. The van der Waals surface area contributed by atoms with Crippen molar-refractivity contribution in [3.05, 3.63) is 81.1 Å². The molecule has 180 valence electrons. The molecule has 1 aliphatic rings. The highest BCUT2D eigenvalue weighted by Gasteiger charge is 2.41. The number of halogens is 5. The van der Waals surface area contributed by atoms with Crippen molar-refractivity contribution in [3.8, 4) is 5.75 Å². The van der Waals surface area contributed by atoms with E-state index in [1.165, 1.54) is 4.68 Å². The normalized spacial score (nSPS) is 13.7. The van der Waals surface area contributed by atoms with E-state index >= 15 is 0 Å². The van der Waals surface area contributed by atoms with E-state index in [4.69, 9.17) is 27.9 Å². The molecule has 0 saturated heterocycles. The van der Waals surface area contributed by atoms with Crippen molar-refractivity contribution >= 4 is 29.1 Å². The smallest absolute Gasteiger partial charge is 0.436 e. The molecule has 1 heterocycles. The lowest BCUT2D eigenvalue weighted by Gasteiger charge is -2.10. The molecule has 4 rings (SSSR count). The van der Waals surface area contributed by atoms with Crippen LogP contribution < -0.4 is 10.1 Å². The number of nitrogens with one attached hydrogen (secondary N) is 1. The number of hydrogen-bond acceptors (Lipinski definition) is 3. The van der Waals surface area contributed by atoms with Crippen molar-refractivity contribution < 1.29 is 22.7 Å². The van der Waals surface area contributed by atoms with Gasteiger partial charge in [0.1, 0.15) is 12.4 Å². The topological polar surface area (TPSA) is 56.2 Å². The zero-order valence-corrected chi connectivity index (χ0v) is 19.6. The quantitative estimate of drug-likeness (QED) is 0.334. The lowest BCUT2D eigenvalue weighted by Crippen LogP contribution is -2.25. The first-order valence-electron chi connectivity index (χ1n) is 10.8. The lowest BCUT2D eigenvalue weighted by molar-refractivity contribution is -0.141. The van der Waals surface area contributed by atoms with E-state index in [-0.39, 0.29) is 36.5 Å². The molecule has 0 bridgehead atoms. The number of benzene rings is 2. The van der Waals surface area contributed by atoms with Gasteiger partial charge in [0.05, 0.1) is 10.7 Å². The van der Waals surface area contributed by atoms with Crippen LogP contribution in [0.1, 0.15) is 52.5 Å². The van der Waals surface area contributed by atoms with Crippen LogP contribution in [0.25, 0.3) is 0 Å². The fraction of sp³-hybridized carbons (Fsp3) is 0.333. The average Bonchev–Trinajstić information content (AvgIpc) is 3.57. The molecule has 10 heteroatoms. The van der Waals surface area contributed by atoms with Gasteiger partial charge in [-0.2, -0.15) is 18.3 Å². The molecule has 1 aliphatic carbocycles. The number of ether oxygens (including phenoxy) is 1. The number of rotatable bonds is 9. The highest BCUT2D eigenvalue weighted by atomic mass is 35.5. The Balaban J connectivity index is 1.30. The third-order valence-electron chi connectivity index (χ3n) is 5.39. The van der Waals surface area contributed by atoms with Gasteiger partial charge in [0, 0.05) is 29.6 Å². The Kier molecular flexibility index (Phi) is 7.38. The zero-order chi connectivity index (χ0) is 24.3. The number of carbonyl (C=O) groups is 1. The van der Waals surface area contributed by atoms with Gasteiger partial charge in [-0.3, -0.25) is 9.48 Å². The third-order valence-corrected chi connectivity index (χ3v) is 5.99. The Bertz CT molecular complexity index is 1180. The lowest BCUT2D eigenvalue weighted by atomic mass is 10.1. The van der Waals surface area contributed by atoms with Crippen molar-refractivity contribution in [2.75, 3.05) is 6.54 Å². The van der Waals surface area contributed by atoms with Crippen LogP contribution in [0, 0.1) is 0 Å². The Morgan fingerprint density at radius 1 is 1.15 bits per heavy atom. The predicted octanol–water partition coefficient (Wildman–Crippen LogP) is 6.49. The summed E-state index contributed by atoms with van der Waals surface area (Å²) in [5.41, 5.74) is 0.671. The molecular formula is C24H22Cl2F3N3O2. The largest absolute Gasteiger partial charge is 0.489 e. The Morgan fingerprint density at radius 2 is 1.91 bits per heavy atom. The number of nitrogens with zero attached hydrogens (tertiary/aromatic N) is 2. The number of amides is 1. The molecule has 0 aliphatic heterocycles. The number of aromatic nitrogens is 2. The Labute approximate surface area is 204 Å². The predicted molar refractivity (Wildman–Crippen MR) is 123 cm³/mol. The van der Waals surface area contributed by atoms with Crippen molar-refractivity contribution in [1.29, 1.82) is 0 Å². The van der Waals surface area contributed by atoms with Crippen molar-refractivity contribution in [2.45, 2.75) is 44.5 Å². The van der Waals surface area contributed by atoms with Crippen LogP contribution in [0.3, 0.4) is 0 Å². The van der Waals surface area contributed by atoms with Crippen LogP contribution in [0.5, 0.6) is 5.75 Å². The second-order valence-corrected chi connectivity index (χ2v) is 8.91. The summed E-state index contributed by atoms with van der Waals surface area (Å²) >= 11 is 11.9.